The Morgan fingerprint density at radius 2 is 1.80 bits per heavy atom. The van der Waals surface area contributed by atoms with Gasteiger partial charge in [-0.25, -0.2) is 9.50 Å². The van der Waals surface area contributed by atoms with E-state index >= 15 is 0 Å². The summed E-state index contributed by atoms with van der Waals surface area (Å²) in [6.07, 6.45) is 9.06. The molecule has 4 aromatic heterocycles. The highest BCUT2D eigenvalue weighted by atomic mass is 16.2. The van der Waals surface area contributed by atoms with Gasteiger partial charge in [-0.15, -0.1) is 0 Å². The number of hydrogen-bond acceptors (Lipinski definition) is 5. The average molecular weight is 530 g/mol. The van der Waals surface area contributed by atoms with Crippen molar-refractivity contribution in [3.8, 4) is 5.69 Å². The Labute approximate surface area is 230 Å². The zero-order chi connectivity index (χ0) is 27.8. The van der Waals surface area contributed by atoms with Gasteiger partial charge < -0.3 is 5.32 Å². The largest absolute Gasteiger partial charge is 0.344 e. The number of hydrogen-bond donors (Lipinski definition) is 1. The third-order valence-electron chi connectivity index (χ3n) is 6.88. The van der Waals surface area contributed by atoms with Gasteiger partial charge in [-0.3, -0.25) is 18.8 Å². The van der Waals surface area contributed by atoms with Crippen molar-refractivity contribution >= 4 is 34.5 Å². The molecule has 1 atom stereocenters. The van der Waals surface area contributed by atoms with E-state index in [0.29, 0.717) is 33.7 Å². The van der Waals surface area contributed by atoms with Gasteiger partial charge >= 0.3 is 0 Å². The number of benzene rings is 2. The Hall–Kier alpha value is -5.31. The second-order valence-corrected chi connectivity index (χ2v) is 9.65. The van der Waals surface area contributed by atoms with E-state index in [2.05, 4.69) is 20.5 Å². The van der Waals surface area contributed by atoms with Gasteiger partial charge in [0.2, 0.25) is 0 Å². The second-order valence-electron chi connectivity index (χ2n) is 9.65. The maximum Gasteiger partial charge on any atom is 0.263 e. The molecule has 2 aromatic carbocycles. The van der Waals surface area contributed by atoms with E-state index in [4.69, 9.17) is 0 Å². The second kappa shape index (κ2) is 10.1. The SMILES string of the molecule is Cc1nn2cccnc2c1C(=O)NC(C)c1cc2cccc(/C=C/c3ccn(C)n3)c2c(=O)n1-c1ccccc1. The van der Waals surface area contributed by atoms with Gasteiger partial charge in [-0.2, -0.15) is 10.2 Å². The first-order valence-electron chi connectivity index (χ1n) is 12.9. The van der Waals surface area contributed by atoms with Crippen molar-refractivity contribution in [2.75, 3.05) is 0 Å². The van der Waals surface area contributed by atoms with Crippen molar-refractivity contribution in [2.45, 2.75) is 19.9 Å². The van der Waals surface area contributed by atoms with E-state index in [0.717, 1.165) is 16.6 Å². The van der Waals surface area contributed by atoms with Crippen LogP contribution in [-0.2, 0) is 7.05 Å². The Morgan fingerprint density at radius 3 is 2.58 bits per heavy atom. The van der Waals surface area contributed by atoms with Crippen molar-refractivity contribution in [3.05, 3.63) is 124 Å². The van der Waals surface area contributed by atoms with Gasteiger partial charge in [0.1, 0.15) is 5.56 Å². The number of carbonyl (C=O) groups excluding carboxylic acids is 1. The van der Waals surface area contributed by atoms with Gasteiger partial charge in [0.15, 0.2) is 5.65 Å². The predicted molar refractivity (Wildman–Crippen MR) is 155 cm³/mol. The molecule has 9 heteroatoms. The average Bonchev–Trinajstić information content (AvgIpc) is 3.53. The molecule has 0 aliphatic carbocycles. The zero-order valence-electron chi connectivity index (χ0n) is 22.3. The molecule has 0 aliphatic heterocycles. The van der Waals surface area contributed by atoms with Crippen LogP contribution in [0.25, 0.3) is 34.3 Å². The molecule has 9 nitrogen and oxygen atoms in total. The molecule has 40 heavy (non-hydrogen) atoms. The van der Waals surface area contributed by atoms with Gasteiger partial charge in [0.25, 0.3) is 11.5 Å². The molecule has 0 fully saturated rings. The fourth-order valence-electron chi connectivity index (χ4n) is 5.01. The molecule has 6 aromatic rings. The van der Waals surface area contributed by atoms with Gasteiger partial charge in [-0.1, -0.05) is 42.5 Å². The summed E-state index contributed by atoms with van der Waals surface area (Å²) in [5.74, 6) is -0.307. The lowest BCUT2D eigenvalue weighted by atomic mass is 10.0. The lowest BCUT2D eigenvalue weighted by Gasteiger charge is -2.21. The number of aromatic nitrogens is 6. The van der Waals surface area contributed by atoms with Crippen molar-refractivity contribution in [1.82, 2.24) is 34.3 Å². The van der Waals surface area contributed by atoms with Crippen LogP contribution in [-0.4, -0.2) is 34.9 Å². The Bertz CT molecular complexity index is 1970. The van der Waals surface area contributed by atoms with Crippen LogP contribution < -0.4 is 10.9 Å². The minimum Gasteiger partial charge on any atom is -0.344 e. The van der Waals surface area contributed by atoms with Crippen LogP contribution in [0.15, 0.2) is 90.1 Å². The summed E-state index contributed by atoms with van der Waals surface area (Å²) >= 11 is 0. The lowest BCUT2D eigenvalue weighted by molar-refractivity contribution is 0.0939. The Balaban J connectivity index is 1.46. The van der Waals surface area contributed by atoms with Crippen LogP contribution in [0.3, 0.4) is 0 Å². The highest BCUT2D eigenvalue weighted by molar-refractivity contribution is 6.01. The Kier molecular flexibility index (Phi) is 6.31. The minimum atomic E-state index is -0.504. The van der Waals surface area contributed by atoms with E-state index in [1.165, 1.54) is 0 Å². The lowest BCUT2D eigenvalue weighted by Crippen LogP contribution is -2.32. The molecule has 6 rings (SSSR count). The van der Waals surface area contributed by atoms with Crippen LogP contribution in [0.1, 0.15) is 46.0 Å². The summed E-state index contributed by atoms with van der Waals surface area (Å²) in [6.45, 7) is 3.65. The highest BCUT2D eigenvalue weighted by Gasteiger charge is 2.23. The van der Waals surface area contributed by atoms with Gasteiger partial charge in [0, 0.05) is 37.0 Å². The quantitative estimate of drug-likeness (QED) is 0.336. The molecule has 1 amide bonds. The maximum absolute atomic E-state index is 14.2. The minimum absolute atomic E-state index is 0.171. The zero-order valence-corrected chi connectivity index (χ0v) is 22.3. The van der Waals surface area contributed by atoms with Crippen molar-refractivity contribution < 1.29 is 4.79 Å². The first-order valence-corrected chi connectivity index (χ1v) is 12.9. The molecule has 1 N–H and O–H groups in total. The van der Waals surface area contributed by atoms with Crippen molar-refractivity contribution in [3.63, 3.8) is 0 Å². The number of pyridine rings is 1. The summed E-state index contributed by atoms with van der Waals surface area (Å²) in [5.41, 5.74) is 4.24. The smallest absolute Gasteiger partial charge is 0.263 e. The normalized spacial score (nSPS) is 12.4. The van der Waals surface area contributed by atoms with Gasteiger partial charge in [-0.05, 0) is 61.2 Å². The summed E-state index contributed by atoms with van der Waals surface area (Å²) in [5, 5.41) is 13.3. The number of amides is 1. The van der Waals surface area contributed by atoms with Crippen LogP contribution >= 0.6 is 0 Å². The fraction of sp³-hybridized carbons (Fsp3) is 0.129. The number of fused-ring (bicyclic) bond motifs is 2. The highest BCUT2D eigenvalue weighted by Crippen LogP contribution is 2.25. The Morgan fingerprint density at radius 1 is 0.975 bits per heavy atom. The number of rotatable bonds is 6. The van der Waals surface area contributed by atoms with Crippen LogP contribution in [0, 0.1) is 6.92 Å². The number of carbonyl (C=O) groups is 1. The van der Waals surface area contributed by atoms with E-state index in [1.54, 1.807) is 39.1 Å². The predicted octanol–water partition coefficient (Wildman–Crippen LogP) is 4.74. The van der Waals surface area contributed by atoms with Gasteiger partial charge in [0.05, 0.1) is 22.8 Å². The monoisotopic (exact) mass is 529 g/mol. The summed E-state index contributed by atoms with van der Waals surface area (Å²) in [4.78, 5) is 32.0. The number of para-hydroxylation sites is 1. The molecule has 0 bridgehead atoms. The van der Waals surface area contributed by atoms with Crippen LogP contribution in [0.4, 0.5) is 0 Å². The molecular formula is C31H27N7O2. The third kappa shape index (κ3) is 4.47. The molecule has 4 heterocycles. The topological polar surface area (TPSA) is 99.1 Å². The number of nitrogens with one attached hydrogen (secondary N) is 1. The number of aryl methyl sites for hydroxylation is 2. The standard InChI is InChI=1S/C31H27N7O2/c1-20(33-30(39)27-21(2)34-37-17-8-16-32-29(27)37)26-19-23-10-7-9-22(13-14-24-15-18-36(3)35-24)28(23)31(40)38(26)25-11-5-4-6-12-25/h4-20H,1-3H3,(H,33,39)/b14-13+. The summed E-state index contributed by atoms with van der Waals surface area (Å²) in [6, 6.07) is 20.4. The van der Waals surface area contributed by atoms with E-state index in [-0.39, 0.29) is 11.5 Å². The molecule has 0 radical (unpaired) electrons. The summed E-state index contributed by atoms with van der Waals surface area (Å²) < 4.78 is 5.00. The molecule has 0 saturated heterocycles. The first-order chi connectivity index (χ1) is 19.4. The molecule has 0 saturated carbocycles. The number of nitrogens with zero attached hydrogens (tertiary/aromatic N) is 6. The molecule has 0 spiro atoms. The molecular weight excluding hydrogens is 502 g/mol. The molecule has 198 valence electrons. The molecule has 0 aliphatic rings. The molecule has 1 unspecified atom stereocenters. The fourth-order valence-corrected chi connectivity index (χ4v) is 5.01. The first kappa shape index (κ1) is 25.0. The summed E-state index contributed by atoms with van der Waals surface area (Å²) in [7, 11) is 1.86. The van der Waals surface area contributed by atoms with E-state index < -0.39 is 6.04 Å². The van der Waals surface area contributed by atoms with Crippen LogP contribution in [0.5, 0.6) is 0 Å². The third-order valence-corrected chi connectivity index (χ3v) is 6.88. The maximum atomic E-state index is 14.2. The van der Waals surface area contributed by atoms with Crippen molar-refractivity contribution in [2.24, 2.45) is 7.05 Å². The van der Waals surface area contributed by atoms with Crippen LogP contribution in [0.2, 0.25) is 0 Å². The van der Waals surface area contributed by atoms with Crippen molar-refractivity contribution in [1.29, 1.82) is 0 Å². The van der Waals surface area contributed by atoms with E-state index in [1.807, 2.05) is 93.0 Å². The van der Waals surface area contributed by atoms with E-state index in [9.17, 15) is 9.59 Å².